The number of rotatable bonds is 8. The number of anilines is 1. The van der Waals surface area contributed by atoms with Gasteiger partial charge in [-0.05, 0) is 63.5 Å². The summed E-state index contributed by atoms with van der Waals surface area (Å²) in [6.45, 7) is 10.3. The Labute approximate surface area is 294 Å². The van der Waals surface area contributed by atoms with Crippen molar-refractivity contribution in [1.82, 2.24) is 34.5 Å². The molecule has 0 spiro atoms. The maximum atomic E-state index is 13.5. The molecule has 4 aromatic rings. The van der Waals surface area contributed by atoms with Crippen LogP contribution in [0.3, 0.4) is 0 Å². The van der Waals surface area contributed by atoms with Gasteiger partial charge < -0.3 is 30.0 Å². The van der Waals surface area contributed by atoms with Crippen LogP contribution in [0.1, 0.15) is 72.2 Å². The molecule has 2 aliphatic heterocycles. The highest BCUT2D eigenvalue weighted by atomic mass is 32.1. The lowest BCUT2D eigenvalue weighted by atomic mass is 10.0. The van der Waals surface area contributed by atoms with Gasteiger partial charge in [0, 0.05) is 19.3 Å². The van der Waals surface area contributed by atoms with Crippen LogP contribution in [0.2, 0.25) is 0 Å². The Kier molecular flexibility index (Phi) is 9.87. The lowest BCUT2D eigenvalue weighted by molar-refractivity contribution is -0.135. The predicted molar refractivity (Wildman–Crippen MR) is 189 cm³/mol. The van der Waals surface area contributed by atoms with Crippen LogP contribution in [-0.4, -0.2) is 91.0 Å². The van der Waals surface area contributed by atoms with Crippen molar-refractivity contribution in [3.63, 3.8) is 0 Å². The zero-order chi connectivity index (χ0) is 35.7. The summed E-state index contributed by atoms with van der Waals surface area (Å²) in [6, 6.07) is 6.60. The van der Waals surface area contributed by atoms with Crippen molar-refractivity contribution in [2.75, 3.05) is 25.5 Å². The van der Waals surface area contributed by atoms with Gasteiger partial charge in [0.15, 0.2) is 10.8 Å². The first-order chi connectivity index (χ1) is 23.8. The van der Waals surface area contributed by atoms with Crippen molar-refractivity contribution in [2.24, 2.45) is 5.92 Å². The third-order valence-electron chi connectivity index (χ3n) is 8.91. The molecule has 50 heavy (non-hydrogen) atoms. The molecule has 3 N–H and O–H groups in total. The van der Waals surface area contributed by atoms with Gasteiger partial charge in [-0.1, -0.05) is 49.4 Å². The largest absolute Gasteiger partial charge is 0.453 e. The number of H-pyrrole nitrogens is 1. The molecule has 3 aromatic heterocycles. The summed E-state index contributed by atoms with van der Waals surface area (Å²) < 4.78 is 12.1. The number of carbonyl (C=O) groups excluding carboxylic acids is 4. The van der Waals surface area contributed by atoms with Gasteiger partial charge in [-0.3, -0.25) is 18.9 Å². The number of aromatic amines is 1. The number of nitrogens with zero attached hydrogens (tertiary/aromatic N) is 5. The first-order valence-corrected chi connectivity index (χ1v) is 17.7. The van der Waals surface area contributed by atoms with E-state index in [2.05, 4.69) is 25.6 Å². The van der Waals surface area contributed by atoms with E-state index in [1.807, 2.05) is 48.7 Å². The number of methoxy groups -OCH3 is 1. The molecule has 1 aromatic carbocycles. The van der Waals surface area contributed by atoms with Crippen LogP contribution in [0.15, 0.2) is 42.9 Å². The summed E-state index contributed by atoms with van der Waals surface area (Å²) in [5.74, 6) is 0.606. The summed E-state index contributed by atoms with van der Waals surface area (Å²) in [6.07, 6.45) is 7.33. The monoisotopic (exact) mass is 704 g/mol. The van der Waals surface area contributed by atoms with Gasteiger partial charge in [-0.15, -0.1) is 0 Å². The molecule has 0 bridgehead atoms. The number of hydrogen-bond donors (Lipinski definition) is 3. The average Bonchev–Trinajstić information content (AvgIpc) is 3.89. The van der Waals surface area contributed by atoms with Crippen molar-refractivity contribution in [3.05, 3.63) is 48.7 Å². The van der Waals surface area contributed by atoms with Gasteiger partial charge in [0.05, 0.1) is 36.1 Å². The number of fused-ring (bicyclic) bond motifs is 1. The second-order valence-corrected chi connectivity index (χ2v) is 15.0. The number of thiazole rings is 1. The molecule has 2 fully saturated rings. The fourth-order valence-electron chi connectivity index (χ4n) is 6.44. The molecule has 6 rings (SSSR count). The Bertz CT molecular complexity index is 1840. The minimum absolute atomic E-state index is 0.107. The van der Waals surface area contributed by atoms with E-state index in [1.54, 1.807) is 38.1 Å². The highest BCUT2D eigenvalue weighted by molar-refractivity contribution is 7.20. The third-order valence-corrected chi connectivity index (χ3v) is 9.96. The molecule has 0 saturated carbocycles. The minimum atomic E-state index is -0.691. The first kappa shape index (κ1) is 34.9. The highest BCUT2D eigenvalue weighted by Crippen LogP contribution is 2.34. The fraction of sp³-hybridized carbons (Fsp3) is 0.486. The lowest BCUT2D eigenvalue weighted by Crippen LogP contribution is -2.51. The quantitative estimate of drug-likeness (QED) is 0.206. The van der Waals surface area contributed by atoms with Crippen LogP contribution in [0.4, 0.5) is 15.4 Å². The molecule has 266 valence electrons. The van der Waals surface area contributed by atoms with Crippen LogP contribution in [0, 0.1) is 5.92 Å². The summed E-state index contributed by atoms with van der Waals surface area (Å²) in [4.78, 5) is 68.8. The molecule has 14 nitrogen and oxygen atoms in total. The standard InChI is InChI=1S/C35H44N8O6S/c1-20(2)28(40-33(46)48-6)31(45)42-15-7-9-24(42)29-36-17-23(37-29)21-11-13-22(14-12-21)26-18-41-19-27(39-32(41)50-26)38-30(44)25-10-8-16-43(25)34(47)49-35(3,4)5/h11-14,17-20,24-25,28H,7-10,15-16H2,1-6H3,(H,36,37)(H,38,44)(H,40,46)/t24-,25?,28-/m0/s1. The van der Waals surface area contributed by atoms with E-state index in [1.165, 1.54) is 23.3 Å². The molecular formula is C35H44N8O6S. The summed E-state index contributed by atoms with van der Waals surface area (Å²) in [7, 11) is 1.28. The van der Waals surface area contributed by atoms with Crippen LogP contribution >= 0.6 is 11.3 Å². The van der Waals surface area contributed by atoms with Crippen LogP contribution < -0.4 is 10.6 Å². The number of benzene rings is 1. The molecule has 4 amide bonds. The molecule has 3 atom stereocenters. The minimum Gasteiger partial charge on any atom is -0.453 e. The number of likely N-dealkylation sites (tertiary alicyclic amines) is 2. The van der Waals surface area contributed by atoms with Gasteiger partial charge >= 0.3 is 12.2 Å². The zero-order valence-electron chi connectivity index (χ0n) is 29.2. The number of amides is 4. The molecule has 0 aliphatic carbocycles. The number of carbonyl (C=O) groups is 4. The number of alkyl carbamates (subject to hydrolysis) is 1. The number of imidazole rings is 2. The summed E-state index contributed by atoms with van der Waals surface area (Å²) in [5, 5.41) is 5.56. The van der Waals surface area contributed by atoms with E-state index in [0.29, 0.717) is 31.2 Å². The third kappa shape index (κ3) is 7.47. The van der Waals surface area contributed by atoms with Crippen LogP contribution in [0.25, 0.3) is 26.7 Å². The van der Waals surface area contributed by atoms with E-state index in [9.17, 15) is 19.2 Å². The maximum absolute atomic E-state index is 13.5. The molecular weight excluding hydrogens is 661 g/mol. The second kappa shape index (κ2) is 14.1. The topological polar surface area (TPSA) is 163 Å². The summed E-state index contributed by atoms with van der Waals surface area (Å²) >= 11 is 1.50. The number of ether oxygens (including phenoxy) is 2. The molecule has 15 heteroatoms. The Morgan fingerprint density at radius 3 is 2.38 bits per heavy atom. The van der Waals surface area contributed by atoms with E-state index in [4.69, 9.17) is 9.47 Å². The number of aromatic nitrogens is 4. The molecule has 2 saturated heterocycles. The van der Waals surface area contributed by atoms with Gasteiger partial charge in [0.1, 0.15) is 23.5 Å². The van der Waals surface area contributed by atoms with Crippen LogP contribution in [0.5, 0.6) is 0 Å². The normalized spacial score (nSPS) is 18.5. The van der Waals surface area contributed by atoms with E-state index >= 15 is 0 Å². The molecule has 2 aliphatic rings. The summed E-state index contributed by atoms with van der Waals surface area (Å²) in [5.41, 5.74) is 2.17. The first-order valence-electron chi connectivity index (χ1n) is 16.9. The van der Waals surface area contributed by atoms with Crippen molar-refractivity contribution in [3.8, 4) is 21.7 Å². The Balaban J connectivity index is 1.10. The second-order valence-electron chi connectivity index (χ2n) is 14.0. The SMILES string of the molecule is COC(=O)N[C@H](C(=O)N1CCC[C@H]1c1ncc(-c2ccc(-c3cn4cc(NC(=O)C5CCCN5C(=O)OC(C)(C)C)nc4s3)cc2)[nH]1)C(C)C. The van der Waals surface area contributed by atoms with E-state index in [-0.39, 0.29) is 23.8 Å². The Morgan fingerprint density at radius 2 is 1.70 bits per heavy atom. The Morgan fingerprint density at radius 1 is 1.00 bits per heavy atom. The predicted octanol–water partition coefficient (Wildman–Crippen LogP) is 5.84. The highest BCUT2D eigenvalue weighted by Gasteiger charge is 2.38. The van der Waals surface area contributed by atoms with Crippen LogP contribution in [-0.2, 0) is 19.1 Å². The fourth-order valence-corrected chi connectivity index (χ4v) is 7.41. The lowest BCUT2D eigenvalue weighted by Gasteiger charge is -2.30. The zero-order valence-corrected chi connectivity index (χ0v) is 30.0. The molecule has 5 heterocycles. The van der Waals surface area contributed by atoms with E-state index < -0.39 is 29.9 Å². The van der Waals surface area contributed by atoms with Crippen molar-refractivity contribution in [1.29, 1.82) is 0 Å². The Hall–Kier alpha value is -4.92. The van der Waals surface area contributed by atoms with Gasteiger partial charge in [-0.2, -0.15) is 0 Å². The van der Waals surface area contributed by atoms with Crippen molar-refractivity contribution < 1.29 is 28.7 Å². The number of hydrogen-bond acceptors (Lipinski definition) is 9. The van der Waals surface area contributed by atoms with Gasteiger partial charge in [0.25, 0.3) is 0 Å². The average molecular weight is 705 g/mol. The smallest absolute Gasteiger partial charge is 0.410 e. The van der Waals surface area contributed by atoms with Gasteiger partial charge in [0.2, 0.25) is 11.8 Å². The van der Waals surface area contributed by atoms with E-state index in [0.717, 1.165) is 45.9 Å². The van der Waals surface area contributed by atoms with Gasteiger partial charge in [-0.25, -0.2) is 19.6 Å². The molecule has 0 radical (unpaired) electrons. The maximum Gasteiger partial charge on any atom is 0.410 e. The molecule has 1 unspecified atom stereocenters. The number of nitrogens with one attached hydrogen (secondary N) is 3. The van der Waals surface area contributed by atoms with Crippen molar-refractivity contribution in [2.45, 2.75) is 84.0 Å². The van der Waals surface area contributed by atoms with Crippen molar-refractivity contribution >= 4 is 46.1 Å².